The van der Waals surface area contributed by atoms with E-state index in [2.05, 4.69) is 29.4 Å². The highest BCUT2D eigenvalue weighted by atomic mass is 32.2. The van der Waals surface area contributed by atoms with Crippen molar-refractivity contribution >= 4 is 29.3 Å². The minimum atomic E-state index is -0.242. The highest BCUT2D eigenvalue weighted by molar-refractivity contribution is 8.04. The number of anilines is 1. The van der Waals surface area contributed by atoms with Crippen molar-refractivity contribution < 1.29 is 9.59 Å². The number of nitrogens with one attached hydrogen (secondary N) is 2. The average molecular weight is 333 g/mol. The predicted octanol–water partition coefficient (Wildman–Crippen LogP) is 2.32. The van der Waals surface area contributed by atoms with Gasteiger partial charge >= 0.3 is 0 Å². The van der Waals surface area contributed by atoms with E-state index in [1.807, 2.05) is 38.4 Å². The summed E-state index contributed by atoms with van der Waals surface area (Å²) in [7, 11) is 4.01. The first-order chi connectivity index (χ1) is 10.8. The van der Waals surface area contributed by atoms with Crippen LogP contribution in [0.5, 0.6) is 0 Å². The molecule has 1 heterocycles. The van der Waals surface area contributed by atoms with E-state index in [9.17, 15) is 9.59 Å². The Morgan fingerprint density at radius 2 is 2.04 bits per heavy atom. The quantitative estimate of drug-likeness (QED) is 0.812. The van der Waals surface area contributed by atoms with Crippen molar-refractivity contribution in [3.63, 3.8) is 0 Å². The second-order valence-corrected chi connectivity index (χ2v) is 7.76. The molecule has 0 fully saturated rings. The maximum absolute atomic E-state index is 12.1. The van der Waals surface area contributed by atoms with Crippen molar-refractivity contribution in [3.8, 4) is 0 Å². The topological polar surface area (TPSA) is 61.4 Å². The second kappa shape index (κ2) is 7.19. The van der Waals surface area contributed by atoms with Crippen LogP contribution >= 0.6 is 11.8 Å². The van der Waals surface area contributed by atoms with E-state index in [0.29, 0.717) is 11.4 Å². The summed E-state index contributed by atoms with van der Waals surface area (Å²) in [6.07, 6.45) is 1.38. The lowest BCUT2D eigenvalue weighted by molar-refractivity contribution is -0.117. The predicted molar refractivity (Wildman–Crippen MR) is 94.4 cm³/mol. The van der Waals surface area contributed by atoms with Crippen LogP contribution in [0.25, 0.3) is 0 Å². The van der Waals surface area contributed by atoms with Gasteiger partial charge in [-0.2, -0.15) is 0 Å². The number of carbonyl (C=O) groups excluding carboxylic acids is 2. The molecule has 1 aromatic carbocycles. The van der Waals surface area contributed by atoms with Gasteiger partial charge in [-0.25, -0.2) is 0 Å². The molecule has 6 heteroatoms. The molecule has 0 radical (unpaired) electrons. The molecule has 1 aliphatic heterocycles. The van der Waals surface area contributed by atoms with Gasteiger partial charge in [-0.05, 0) is 31.6 Å². The zero-order valence-corrected chi connectivity index (χ0v) is 14.8. The third kappa shape index (κ3) is 5.11. The third-order valence-electron chi connectivity index (χ3n) is 3.33. The summed E-state index contributed by atoms with van der Waals surface area (Å²) in [6, 6.07) is 7.55. The van der Waals surface area contributed by atoms with Crippen LogP contribution in [-0.4, -0.2) is 43.9 Å². The van der Waals surface area contributed by atoms with Crippen LogP contribution < -0.4 is 10.6 Å². The smallest absolute Gasteiger partial charge is 0.262 e. The summed E-state index contributed by atoms with van der Waals surface area (Å²) in [5, 5.41) is 5.68. The van der Waals surface area contributed by atoms with Gasteiger partial charge in [-0.3, -0.25) is 9.59 Å². The van der Waals surface area contributed by atoms with Gasteiger partial charge in [-0.15, -0.1) is 0 Å². The Morgan fingerprint density at radius 1 is 1.35 bits per heavy atom. The molecule has 5 nitrogen and oxygen atoms in total. The fourth-order valence-corrected chi connectivity index (χ4v) is 3.43. The van der Waals surface area contributed by atoms with Crippen molar-refractivity contribution in [3.05, 3.63) is 35.2 Å². The molecule has 0 bridgehead atoms. The number of rotatable bonds is 5. The van der Waals surface area contributed by atoms with E-state index < -0.39 is 0 Å². The minimum Gasteiger partial charge on any atom is -0.352 e. The van der Waals surface area contributed by atoms with Crippen molar-refractivity contribution in [1.29, 1.82) is 0 Å². The number of benzene rings is 1. The second-order valence-electron chi connectivity index (χ2n) is 6.68. The Bertz CT molecular complexity index is 638. The minimum absolute atomic E-state index is 0.0355. The molecule has 0 atom stereocenters. The van der Waals surface area contributed by atoms with Crippen LogP contribution in [0.2, 0.25) is 0 Å². The Labute approximate surface area is 141 Å². The first-order valence-electron chi connectivity index (χ1n) is 7.49. The SMILES string of the molecule is CN(C)CC(C)(C)CNC(=O)C=C1Sc2ccccc2NC1=O. The number of nitrogens with zero attached hydrogens (tertiary/aromatic N) is 1. The number of amides is 2. The first-order valence-corrected chi connectivity index (χ1v) is 8.31. The summed E-state index contributed by atoms with van der Waals surface area (Å²) in [4.78, 5) is 27.6. The molecule has 124 valence electrons. The number of carbonyl (C=O) groups is 2. The number of para-hydroxylation sites is 1. The van der Waals surface area contributed by atoms with E-state index in [-0.39, 0.29) is 17.2 Å². The molecule has 0 aromatic heterocycles. The maximum atomic E-state index is 12.1. The Kier molecular flexibility index (Phi) is 5.49. The molecule has 2 amide bonds. The van der Waals surface area contributed by atoms with Gasteiger partial charge in [0.25, 0.3) is 5.91 Å². The highest BCUT2D eigenvalue weighted by Crippen LogP contribution is 2.37. The van der Waals surface area contributed by atoms with E-state index in [0.717, 1.165) is 17.1 Å². The molecule has 0 spiro atoms. The Hall–Kier alpha value is -1.79. The van der Waals surface area contributed by atoms with Crippen LogP contribution in [0.15, 0.2) is 40.1 Å². The molecule has 2 rings (SSSR count). The summed E-state index contributed by atoms with van der Waals surface area (Å²) >= 11 is 1.32. The van der Waals surface area contributed by atoms with Gasteiger partial charge in [0.1, 0.15) is 0 Å². The highest BCUT2D eigenvalue weighted by Gasteiger charge is 2.23. The average Bonchev–Trinajstić information content (AvgIpc) is 2.45. The lowest BCUT2D eigenvalue weighted by atomic mass is 9.93. The van der Waals surface area contributed by atoms with Crippen LogP contribution in [0.1, 0.15) is 13.8 Å². The fourth-order valence-electron chi connectivity index (χ4n) is 2.51. The van der Waals surface area contributed by atoms with Gasteiger partial charge in [0.15, 0.2) is 0 Å². The molecular weight excluding hydrogens is 310 g/mol. The standard InChI is InChI=1S/C17H23N3O2S/c1-17(2,11-20(3)4)10-18-15(21)9-14-16(22)19-12-7-5-6-8-13(12)23-14/h5-9H,10-11H2,1-4H3,(H,18,21)(H,19,22). The van der Waals surface area contributed by atoms with E-state index in [1.54, 1.807) is 0 Å². The molecule has 0 aliphatic carbocycles. The maximum Gasteiger partial charge on any atom is 0.262 e. The molecule has 23 heavy (non-hydrogen) atoms. The van der Waals surface area contributed by atoms with Crippen molar-refractivity contribution in [2.75, 3.05) is 32.5 Å². The fraction of sp³-hybridized carbons (Fsp3) is 0.412. The number of hydrogen-bond donors (Lipinski definition) is 2. The van der Waals surface area contributed by atoms with E-state index >= 15 is 0 Å². The van der Waals surface area contributed by atoms with Gasteiger partial charge < -0.3 is 15.5 Å². The molecule has 2 N–H and O–H groups in total. The summed E-state index contributed by atoms with van der Waals surface area (Å²) < 4.78 is 0. The Balaban J connectivity index is 1.99. The monoisotopic (exact) mass is 333 g/mol. The van der Waals surface area contributed by atoms with Crippen molar-refractivity contribution in [2.24, 2.45) is 5.41 Å². The molecular formula is C17H23N3O2S. The zero-order valence-electron chi connectivity index (χ0n) is 14.0. The van der Waals surface area contributed by atoms with Crippen molar-refractivity contribution in [2.45, 2.75) is 18.7 Å². The first kappa shape index (κ1) is 17.6. The van der Waals surface area contributed by atoms with Crippen LogP contribution in [0, 0.1) is 5.41 Å². The Morgan fingerprint density at radius 3 is 2.74 bits per heavy atom. The number of fused-ring (bicyclic) bond motifs is 1. The zero-order chi connectivity index (χ0) is 17.0. The molecule has 0 saturated heterocycles. The number of thioether (sulfide) groups is 1. The van der Waals surface area contributed by atoms with E-state index in [1.165, 1.54) is 17.8 Å². The lowest BCUT2D eigenvalue weighted by Crippen LogP contribution is -2.39. The van der Waals surface area contributed by atoms with Gasteiger partial charge in [-0.1, -0.05) is 37.7 Å². The van der Waals surface area contributed by atoms with Gasteiger partial charge in [0.2, 0.25) is 5.91 Å². The van der Waals surface area contributed by atoms with Crippen LogP contribution in [0.3, 0.4) is 0 Å². The largest absolute Gasteiger partial charge is 0.352 e. The lowest BCUT2D eigenvalue weighted by Gasteiger charge is -2.28. The van der Waals surface area contributed by atoms with Crippen LogP contribution in [0.4, 0.5) is 5.69 Å². The van der Waals surface area contributed by atoms with Gasteiger partial charge in [0.05, 0.1) is 10.6 Å². The van der Waals surface area contributed by atoms with E-state index in [4.69, 9.17) is 0 Å². The van der Waals surface area contributed by atoms with Crippen LogP contribution in [-0.2, 0) is 9.59 Å². The molecule has 1 aliphatic rings. The summed E-state index contributed by atoms with van der Waals surface area (Å²) in [5.41, 5.74) is 0.749. The van der Waals surface area contributed by atoms with Gasteiger partial charge in [0, 0.05) is 24.1 Å². The normalized spacial score (nSPS) is 16.2. The summed E-state index contributed by atoms with van der Waals surface area (Å²) in [5.74, 6) is -0.481. The summed E-state index contributed by atoms with van der Waals surface area (Å²) in [6.45, 7) is 5.61. The molecule has 0 saturated carbocycles. The third-order valence-corrected chi connectivity index (χ3v) is 4.43. The number of hydrogen-bond acceptors (Lipinski definition) is 4. The van der Waals surface area contributed by atoms with Crippen molar-refractivity contribution in [1.82, 2.24) is 10.2 Å². The molecule has 0 unspecified atom stereocenters. The molecule has 1 aromatic rings.